The van der Waals surface area contributed by atoms with Gasteiger partial charge in [0.05, 0.1) is 6.04 Å². The molecule has 0 bridgehead atoms. The van der Waals surface area contributed by atoms with Gasteiger partial charge in [-0.15, -0.1) is 12.6 Å². The number of aromatic nitrogens is 2. The molecule has 4 nitrogen and oxygen atoms in total. The molecule has 172 valence electrons. The van der Waals surface area contributed by atoms with Gasteiger partial charge in [-0.1, -0.05) is 42.8 Å². The molecule has 3 aromatic rings. The molecular weight excluding hydrogens is 424 g/mol. The average Bonchev–Trinajstić information content (AvgIpc) is 2.76. The third-order valence-corrected chi connectivity index (χ3v) is 6.69. The van der Waals surface area contributed by atoms with Gasteiger partial charge in [-0.05, 0) is 75.4 Å². The van der Waals surface area contributed by atoms with Gasteiger partial charge in [0.25, 0.3) is 0 Å². The van der Waals surface area contributed by atoms with Gasteiger partial charge in [0, 0.05) is 41.3 Å². The van der Waals surface area contributed by atoms with Crippen LogP contribution in [0.25, 0.3) is 0 Å². The topological polar surface area (TPSA) is 32.3 Å². The minimum Gasteiger partial charge on any atom is -0.343 e. The first kappa shape index (κ1) is 23.4. The monoisotopic (exact) mass is 458 g/mol. The maximum absolute atomic E-state index is 4.76. The van der Waals surface area contributed by atoms with Crippen molar-refractivity contribution in [2.75, 3.05) is 9.80 Å². The summed E-state index contributed by atoms with van der Waals surface area (Å²) in [7, 11) is 0. The minimum atomic E-state index is 0.135. The van der Waals surface area contributed by atoms with Crippen LogP contribution in [0, 0.1) is 20.8 Å². The third kappa shape index (κ3) is 4.93. The quantitative estimate of drug-likeness (QED) is 0.405. The molecule has 0 spiro atoms. The van der Waals surface area contributed by atoms with Crippen molar-refractivity contribution in [2.45, 2.75) is 71.0 Å². The smallest absolute Gasteiger partial charge is 0.226 e. The fourth-order valence-corrected chi connectivity index (χ4v) is 5.30. The van der Waals surface area contributed by atoms with Gasteiger partial charge in [0.2, 0.25) is 5.95 Å². The Bertz CT molecular complexity index is 1130. The molecule has 1 unspecified atom stereocenters. The first-order valence-corrected chi connectivity index (χ1v) is 12.1. The van der Waals surface area contributed by atoms with Crippen molar-refractivity contribution >= 4 is 24.3 Å². The SMILES string of the molecule is C=C(C)N1c2ccc(S)cc2C(N(Cc2cc(C)cc(C)c2)c2ncc(C)cn2)C[C@H]1CC. The Morgan fingerprint density at radius 3 is 2.33 bits per heavy atom. The van der Waals surface area contributed by atoms with Crippen molar-refractivity contribution in [3.8, 4) is 0 Å². The molecule has 0 fully saturated rings. The second-order valence-corrected chi connectivity index (χ2v) is 9.86. The summed E-state index contributed by atoms with van der Waals surface area (Å²) in [6.45, 7) is 15.7. The maximum Gasteiger partial charge on any atom is 0.226 e. The molecule has 1 aromatic heterocycles. The molecule has 0 saturated heterocycles. The number of rotatable bonds is 6. The number of hydrogen-bond acceptors (Lipinski definition) is 5. The number of fused-ring (bicyclic) bond motifs is 1. The highest BCUT2D eigenvalue weighted by Crippen LogP contribution is 2.45. The number of anilines is 2. The average molecular weight is 459 g/mol. The van der Waals surface area contributed by atoms with E-state index in [-0.39, 0.29) is 6.04 Å². The van der Waals surface area contributed by atoms with Gasteiger partial charge in [-0.25, -0.2) is 9.97 Å². The minimum absolute atomic E-state index is 0.135. The molecule has 0 radical (unpaired) electrons. The molecule has 0 aliphatic carbocycles. The fourth-order valence-electron chi connectivity index (χ4n) is 5.09. The van der Waals surface area contributed by atoms with Crippen LogP contribution >= 0.6 is 12.6 Å². The van der Waals surface area contributed by atoms with Crippen LogP contribution in [0.1, 0.15) is 60.5 Å². The molecule has 33 heavy (non-hydrogen) atoms. The van der Waals surface area contributed by atoms with Crippen LogP contribution in [0.2, 0.25) is 0 Å². The van der Waals surface area contributed by atoms with E-state index in [1.807, 2.05) is 19.3 Å². The fraction of sp³-hybridized carbons (Fsp3) is 0.357. The van der Waals surface area contributed by atoms with E-state index < -0.39 is 0 Å². The zero-order valence-electron chi connectivity index (χ0n) is 20.3. The molecule has 0 saturated carbocycles. The molecule has 5 heteroatoms. The van der Waals surface area contributed by atoms with Crippen LogP contribution in [-0.4, -0.2) is 16.0 Å². The zero-order valence-corrected chi connectivity index (χ0v) is 21.2. The van der Waals surface area contributed by atoms with E-state index in [1.165, 1.54) is 27.9 Å². The molecule has 1 aliphatic rings. The van der Waals surface area contributed by atoms with Crippen molar-refractivity contribution in [2.24, 2.45) is 0 Å². The highest BCUT2D eigenvalue weighted by molar-refractivity contribution is 7.80. The summed E-state index contributed by atoms with van der Waals surface area (Å²) in [5.74, 6) is 0.763. The molecule has 1 aliphatic heterocycles. The summed E-state index contributed by atoms with van der Waals surface area (Å²) in [5.41, 5.74) is 8.42. The number of nitrogens with zero attached hydrogens (tertiary/aromatic N) is 4. The van der Waals surface area contributed by atoms with E-state index in [1.54, 1.807) is 0 Å². The lowest BCUT2D eigenvalue weighted by Crippen LogP contribution is -2.44. The Kier molecular flexibility index (Phi) is 6.80. The van der Waals surface area contributed by atoms with Crippen LogP contribution in [0.15, 0.2) is 66.0 Å². The highest BCUT2D eigenvalue weighted by Gasteiger charge is 2.36. The Morgan fingerprint density at radius 2 is 1.73 bits per heavy atom. The zero-order chi connectivity index (χ0) is 23.7. The maximum atomic E-state index is 4.76. The normalized spacial score (nSPS) is 17.6. The van der Waals surface area contributed by atoms with Gasteiger partial charge in [0.15, 0.2) is 0 Å². The van der Waals surface area contributed by atoms with Gasteiger partial charge in [-0.3, -0.25) is 0 Å². The Labute approximate surface area is 203 Å². The van der Waals surface area contributed by atoms with E-state index >= 15 is 0 Å². The summed E-state index contributed by atoms with van der Waals surface area (Å²) in [6, 6.07) is 13.7. The predicted molar refractivity (Wildman–Crippen MR) is 141 cm³/mol. The standard InChI is InChI=1S/C28H34N4S/c1-7-23-13-27(25-14-24(33)8-9-26(25)32(23)18(2)3)31(28-29-15-21(6)16-30-28)17-22-11-19(4)10-20(5)12-22/h8-12,14-16,23,27,33H,2,7,13,17H2,1,3-6H3/t23-,27?/m1/s1. The Morgan fingerprint density at radius 1 is 1.06 bits per heavy atom. The molecule has 4 rings (SSSR count). The van der Waals surface area contributed by atoms with Crippen molar-refractivity contribution in [1.29, 1.82) is 0 Å². The summed E-state index contributed by atoms with van der Waals surface area (Å²) in [4.78, 5) is 15.2. The summed E-state index contributed by atoms with van der Waals surface area (Å²) < 4.78 is 0. The van der Waals surface area contributed by atoms with Gasteiger partial charge in [-0.2, -0.15) is 0 Å². The molecule has 2 aromatic carbocycles. The van der Waals surface area contributed by atoms with Crippen LogP contribution < -0.4 is 9.80 Å². The van der Waals surface area contributed by atoms with Crippen molar-refractivity contribution in [3.63, 3.8) is 0 Å². The predicted octanol–water partition coefficient (Wildman–Crippen LogP) is 6.96. The molecule has 0 N–H and O–H groups in total. The van der Waals surface area contributed by atoms with Crippen LogP contribution in [0.5, 0.6) is 0 Å². The number of allylic oxidation sites excluding steroid dienone is 1. The first-order valence-electron chi connectivity index (χ1n) is 11.7. The van der Waals surface area contributed by atoms with Crippen LogP contribution in [0.4, 0.5) is 11.6 Å². The summed E-state index contributed by atoms with van der Waals surface area (Å²) in [5, 5.41) is 0. The van der Waals surface area contributed by atoms with Crippen molar-refractivity contribution in [3.05, 3.63) is 88.9 Å². The largest absolute Gasteiger partial charge is 0.343 e. The van der Waals surface area contributed by atoms with E-state index in [0.717, 1.165) is 41.5 Å². The van der Waals surface area contributed by atoms with Crippen LogP contribution in [-0.2, 0) is 6.54 Å². The lowest BCUT2D eigenvalue weighted by Gasteiger charge is -2.46. The van der Waals surface area contributed by atoms with Gasteiger partial charge in [0.1, 0.15) is 0 Å². The van der Waals surface area contributed by atoms with E-state index in [2.05, 4.69) is 80.5 Å². The van der Waals surface area contributed by atoms with Crippen molar-refractivity contribution in [1.82, 2.24) is 9.97 Å². The van der Waals surface area contributed by atoms with Gasteiger partial charge < -0.3 is 9.80 Å². The highest BCUT2D eigenvalue weighted by atomic mass is 32.1. The lowest BCUT2D eigenvalue weighted by atomic mass is 9.88. The molecule has 0 amide bonds. The van der Waals surface area contributed by atoms with E-state index in [4.69, 9.17) is 22.6 Å². The lowest BCUT2D eigenvalue weighted by molar-refractivity contribution is 0.449. The number of thiol groups is 1. The summed E-state index contributed by atoms with van der Waals surface area (Å²) in [6.07, 6.45) is 5.83. The van der Waals surface area contributed by atoms with Crippen molar-refractivity contribution < 1.29 is 0 Å². The van der Waals surface area contributed by atoms with Crippen LogP contribution in [0.3, 0.4) is 0 Å². The molecular formula is C28H34N4S. The Hall–Kier alpha value is -2.79. The third-order valence-electron chi connectivity index (χ3n) is 6.41. The summed E-state index contributed by atoms with van der Waals surface area (Å²) >= 11 is 4.69. The first-order chi connectivity index (χ1) is 15.8. The second kappa shape index (κ2) is 9.60. The molecule has 2 heterocycles. The van der Waals surface area contributed by atoms with E-state index in [0.29, 0.717) is 6.04 Å². The van der Waals surface area contributed by atoms with Gasteiger partial charge >= 0.3 is 0 Å². The van der Waals surface area contributed by atoms with E-state index in [9.17, 15) is 0 Å². The number of hydrogen-bond donors (Lipinski definition) is 1. The second-order valence-electron chi connectivity index (χ2n) is 9.35. The Balaban J connectivity index is 1.86. The number of aryl methyl sites for hydroxylation is 3. The number of benzene rings is 2. The molecule has 2 atom stereocenters.